The first-order valence-electron chi connectivity index (χ1n) is 9.80. The van der Waals surface area contributed by atoms with Gasteiger partial charge in [-0.3, -0.25) is 4.90 Å². The summed E-state index contributed by atoms with van der Waals surface area (Å²) < 4.78 is 0. The van der Waals surface area contributed by atoms with Gasteiger partial charge in [-0.05, 0) is 74.6 Å². The maximum absolute atomic E-state index is 11.8. The van der Waals surface area contributed by atoms with Gasteiger partial charge >= 0.3 is 6.03 Å². The van der Waals surface area contributed by atoms with Crippen molar-refractivity contribution in [1.29, 1.82) is 0 Å². The predicted molar refractivity (Wildman–Crippen MR) is 103 cm³/mol. The lowest BCUT2D eigenvalue weighted by molar-refractivity contribution is 0.193. The smallest absolute Gasteiger partial charge is 0.317 e. The van der Waals surface area contributed by atoms with Crippen LogP contribution in [0.1, 0.15) is 48.8 Å². The van der Waals surface area contributed by atoms with Crippen molar-refractivity contribution in [1.82, 2.24) is 15.1 Å². The third-order valence-corrected chi connectivity index (χ3v) is 6.02. The van der Waals surface area contributed by atoms with Gasteiger partial charge in [0, 0.05) is 33.2 Å². The first kappa shape index (κ1) is 18.2. The molecule has 4 nitrogen and oxygen atoms in total. The molecule has 0 unspecified atom stereocenters. The molecule has 0 saturated heterocycles. The number of urea groups is 1. The molecule has 25 heavy (non-hydrogen) atoms. The fraction of sp³-hybridized carbons (Fsp3) is 0.667. The Morgan fingerprint density at radius 1 is 1.24 bits per heavy atom. The van der Waals surface area contributed by atoms with E-state index in [0.717, 1.165) is 25.3 Å². The van der Waals surface area contributed by atoms with Gasteiger partial charge in [-0.1, -0.05) is 18.2 Å². The molecule has 4 heteroatoms. The van der Waals surface area contributed by atoms with Crippen molar-refractivity contribution < 1.29 is 4.79 Å². The van der Waals surface area contributed by atoms with Gasteiger partial charge in [0.2, 0.25) is 0 Å². The molecule has 0 atom stereocenters. The van der Waals surface area contributed by atoms with Crippen molar-refractivity contribution in [2.24, 2.45) is 5.92 Å². The summed E-state index contributed by atoms with van der Waals surface area (Å²) in [6, 6.07) is 7.15. The van der Waals surface area contributed by atoms with Crippen LogP contribution in [0.5, 0.6) is 0 Å². The molecule has 0 bridgehead atoms. The number of hydrogen-bond acceptors (Lipinski definition) is 2. The number of carbonyl (C=O) groups excluding carboxylic acids is 1. The molecule has 1 N–H and O–H groups in total. The molecule has 2 aliphatic rings. The molecular weight excluding hydrogens is 310 g/mol. The van der Waals surface area contributed by atoms with Gasteiger partial charge in [0.15, 0.2) is 0 Å². The lowest BCUT2D eigenvalue weighted by atomic mass is 9.84. The van der Waals surface area contributed by atoms with Crippen molar-refractivity contribution in [2.75, 3.05) is 27.2 Å². The van der Waals surface area contributed by atoms with E-state index in [1.165, 1.54) is 44.3 Å². The van der Waals surface area contributed by atoms with Crippen molar-refractivity contribution in [3.05, 3.63) is 34.9 Å². The Kier molecular flexibility index (Phi) is 6.00. The molecule has 1 aliphatic heterocycles. The van der Waals surface area contributed by atoms with Gasteiger partial charge in [0.05, 0.1) is 0 Å². The number of benzene rings is 1. The van der Waals surface area contributed by atoms with Crippen LogP contribution in [0.4, 0.5) is 4.79 Å². The summed E-state index contributed by atoms with van der Waals surface area (Å²) in [4.78, 5) is 16.0. The highest BCUT2D eigenvalue weighted by molar-refractivity contribution is 5.73. The number of hydrogen-bond donors (Lipinski definition) is 1. The lowest BCUT2D eigenvalue weighted by Crippen LogP contribution is -2.43. The zero-order valence-corrected chi connectivity index (χ0v) is 16.1. The molecule has 1 heterocycles. The largest absolute Gasteiger partial charge is 0.335 e. The van der Waals surface area contributed by atoms with E-state index in [9.17, 15) is 4.79 Å². The van der Waals surface area contributed by atoms with E-state index in [-0.39, 0.29) is 6.03 Å². The normalized spacial score (nSPS) is 23.8. The van der Waals surface area contributed by atoms with Gasteiger partial charge in [-0.2, -0.15) is 0 Å². The Labute approximate surface area is 152 Å². The summed E-state index contributed by atoms with van der Waals surface area (Å²) in [7, 11) is 3.61. The molecule has 0 spiro atoms. The van der Waals surface area contributed by atoms with E-state index >= 15 is 0 Å². The summed E-state index contributed by atoms with van der Waals surface area (Å²) >= 11 is 0. The zero-order valence-electron chi connectivity index (χ0n) is 16.1. The summed E-state index contributed by atoms with van der Waals surface area (Å²) in [5.41, 5.74) is 4.55. The molecular formula is C21H33N3O. The Balaban J connectivity index is 1.41. The van der Waals surface area contributed by atoms with E-state index in [0.29, 0.717) is 6.04 Å². The number of rotatable bonds is 4. The predicted octanol–water partition coefficient (Wildman–Crippen LogP) is 3.57. The van der Waals surface area contributed by atoms with E-state index in [4.69, 9.17) is 0 Å². The van der Waals surface area contributed by atoms with Crippen LogP contribution < -0.4 is 5.32 Å². The van der Waals surface area contributed by atoms with Crippen molar-refractivity contribution in [3.8, 4) is 0 Å². The second-order valence-electron chi connectivity index (χ2n) is 8.09. The third kappa shape index (κ3) is 4.75. The molecule has 1 saturated carbocycles. The first-order valence-corrected chi connectivity index (χ1v) is 9.80. The van der Waals surface area contributed by atoms with Crippen LogP contribution in [0.25, 0.3) is 0 Å². The third-order valence-electron chi connectivity index (χ3n) is 6.02. The topological polar surface area (TPSA) is 35.6 Å². The minimum atomic E-state index is 0.0470. The Morgan fingerprint density at radius 2 is 2.00 bits per heavy atom. The van der Waals surface area contributed by atoms with Crippen LogP contribution in [0.2, 0.25) is 0 Å². The first-order chi connectivity index (χ1) is 12.0. The number of amides is 2. The fourth-order valence-electron chi connectivity index (χ4n) is 4.26. The van der Waals surface area contributed by atoms with Crippen molar-refractivity contribution in [2.45, 2.75) is 58.0 Å². The minimum Gasteiger partial charge on any atom is -0.335 e. The Morgan fingerprint density at radius 3 is 2.72 bits per heavy atom. The van der Waals surface area contributed by atoms with Gasteiger partial charge < -0.3 is 10.2 Å². The van der Waals surface area contributed by atoms with Gasteiger partial charge in [0.25, 0.3) is 0 Å². The number of carbonyl (C=O) groups is 1. The molecule has 2 amide bonds. The summed E-state index contributed by atoms with van der Waals surface area (Å²) in [5.74, 6) is 0.825. The van der Waals surface area contributed by atoms with E-state index in [1.807, 2.05) is 0 Å². The molecule has 0 aromatic heterocycles. The Bertz CT molecular complexity index is 591. The molecule has 1 aromatic carbocycles. The van der Waals surface area contributed by atoms with Crippen LogP contribution in [0.15, 0.2) is 18.2 Å². The average molecular weight is 344 g/mol. The standard InChI is InChI=1S/C21H33N3O/c1-16-5-4-6-18-12-14-24(15-20(16)18)13-11-17-7-9-19(10-8-17)22-21(25)23(2)3/h4-6,17,19H,7-15H2,1-3H3,(H,22,25). The highest BCUT2D eigenvalue weighted by Crippen LogP contribution is 2.28. The maximum atomic E-state index is 11.8. The number of aryl methyl sites for hydroxylation is 1. The van der Waals surface area contributed by atoms with Crippen LogP contribution in [-0.4, -0.2) is 49.1 Å². The van der Waals surface area contributed by atoms with Gasteiger partial charge in [0.1, 0.15) is 0 Å². The van der Waals surface area contributed by atoms with E-state index in [1.54, 1.807) is 30.1 Å². The maximum Gasteiger partial charge on any atom is 0.317 e. The molecule has 3 rings (SSSR count). The summed E-state index contributed by atoms with van der Waals surface area (Å²) in [5, 5.41) is 3.14. The second-order valence-corrected chi connectivity index (χ2v) is 8.09. The zero-order chi connectivity index (χ0) is 17.8. The van der Waals surface area contributed by atoms with Crippen molar-refractivity contribution in [3.63, 3.8) is 0 Å². The SMILES string of the molecule is Cc1cccc2c1CN(CCC1CCC(NC(=O)N(C)C)CC1)CC2. The van der Waals surface area contributed by atoms with E-state index < -0.39 is 0 Å². The second kappa shape index (κ2) is 8.22. The Hall–Kier alpha value is -1.55. The number of fused-ring (bicyclic) bond motifs is 1. The fourth-order valence-corrected chi connectivity index (χ4v) is 4.26. The monoisotopic (exact) mass is 343 g/mol. The molecule has 138 valence electrons. The summed E-state index contributed by atoms with van der Waals surface area (Å²) in [6.07, 6.45) is 7.26. The van der Waals surface area contributed by atoms with E-state index in [2.05, 4.69) is 35.3 Å². The summed E-state index contributed by atoms with van der Waals surface area (Å²) in [6.45, 7) is 5.78. The average Bonchev–Trinajstić information content (AvgIpc) is 2.61. The van der Waals surface area contributed by atoms with Crippen LogP contribution in [0.3, 0.4) is 0 Å². The minimum absolute atomic E-state index is 0.0470. The number of nitrogens with zero attached hydrogens (tertiary/aromatic N) is 2. The quantitative estimate of drug-likeness (QED) is 0.907. The van der Waals surface area contributed by atoms with Gasteiger partial charge in [-0.15, -0.1) is 0 Å². The van der Waals surface area contributed by atoms with Crippen LogP contribution in [-0.2, 0) is 13.0 Å². The van der Waals surface area contributed by atoms with Gasteiger partial charge in [-0.25, -0.2) is 4.79 Å². The molecule has 1 aromatic rings. The number of nitrogens with one attached hydrogen (secondary N) is 1. The highest BCUT2D eigenvalue weighted by atomic mass is 16.2. The highest BCUT2D eigenvalue weighted by Gasteiger charge is 2.24. The van der Waals surface area contributed by atoms with Crippen LogP contribution >= 0.6 is 0 Å². The van der Waals surface area contributed by atoms with Crippen molar-refractivity contribution >= 4 is 6.03 Å². The molecule has 1 fully saturated rings. The molecule has 0 radical (unpaired) electrons. The van der Waals surface area contributed by atoms with Crippen LogP contribution in [0, 0.1) is 12.8 Å². The molecule has 1 aliphatic carbocycles. The lowest BCUT2D eigenvalue weighted by Gasteiger charge is -2.33.